The topological polar surface area (TPSA) is 40.6 Å². The second kappa shape index (κ2) is 5.61. The monoisotopic (exact) mass is 282 g/mol. The zero-order chi connectivity index (χ0) is 14.0. The van der Waals surface area contributed by atoms with Crippen molar-refractivity contribution in [1.29, 1.82) is 0 Å². The molecule has 1 saturated heterocycles. The minimum Gasteiger partial charge on any atom is -0.309 e. The van der Waals surface area contributed by atoms with Crippen LogP contribution in [-0.4, -0.2) is 51.4 Å². The van der Waals surface area contributed by atoms with Gasteiger partial charge in [-0.15, -0.1) is 0 Å². The van der Waals surface area contributed by atoms with Gasteiger partial charge in [0.15, 0.2) is 0 Å². The molecule has 0 spiro atoms. The Hall–Kier alpha value is -0.910. The van der Waals surface area contributed by atoms with Crippen LogP contribution < -0.4 is 0 Å². The predicted molar refractivity (Wildman–Crippen MR) is 76.6 cm³/mol. The van der Waals surface area contributed by atoms with Gasteiger partial charge in [0.25, 0.3) is 0 Å². The van der Waals surface area contributed by atoms with Crippen LogP contribution in [0.2, 0.25) is 0 Å². The molecule has 0 unspecified atom stereocenters. The zero-order valence-corrected chi connectivity index (χ0v) is 12.7. The summed E-state index contributed by atoms with van der Waals surface area (Å²) in [5.41, 5.74) is 0.901. The molecule has 0 saturated carbocycles. The van der Waals surface area contributed by atoms with Gasteiger partial charge in [0, 0.05) is 19.6 Å². The van der Waals surface area contributed by atoms with E-state index in [0.717, 1.165) is 18.5 Å². The van der Waals surface area contributed by atoms with Crippen molar-refractivity contribution in [2.75, 3.05) is 33.7 Å². The van der Waals surface area contributed by atoms with Crippen LogP contribution in [0, 0.1) is 5.92 Å². The quantitative estimate of drug-likeness (QED) is 0.820. The first-order chi connectivity index (χ1) is 8.95. The summed E-state index contributed by atoms with van der Waals surface area (Å²) < 4.78 is 26.7. The first kappa shape index (κ1) is 14.5. The highest BCUT2D eigenvalue weighted by atomic mass is 32.2. The lowest BCUT2D eigenvalue weighted by Gasteiger charge is -2.39. The Morgan fingerprint density at radius 3 is 2.47 bits per heavy atom. The van der Waals surface area contributed by atoms with Gasteiger partial charge in [-0.1, -0.05) is 25.1 Å². The normalized spacial score (nSPS) is 17.7. The van der Waals surface area contributed by atoms with Gasteiger partial charge in [-0.05, 0) is 38.1 Å². The standard InChI is InChI=1S/C14H22N2O2S/c1-4-13-7-5-6-8-14(13)19(17,18)16-10-12(11-16)9-15(2)3/h5-8,12H,4,9-11H2,1-3H3. The summed E-state index contributed by atoms with van der Waals surface area (Å²) in [7, 11) is 0.736. The van der Waals surface area contributed by atoms with Crippen molar-refractivity contribution in [2.24, 2.45) is 5.92 Å². The lowest BCUT2D eigenvalue weighted by atomic mass is 10.0. The molecule has 0 radical (unpaired) electrons. The largest absolute Gasteiger partial charge is 0.309 e. The van der Waals surface area contributed by atoms with E-state index in [1.807, 2.05) is 33.2 Å². The van der Waals surface area contributed by atoms with Gasteiger partial charge in [0.2, 0.25) is 10.0 Å². The number of sulfonamides is 1. The molecule has 106 valence electrons. The molecule has 5 heteroatoms. The van der Waals surface area contributed by atoms with Gasteiger partial charge in [-0.2, -0.15) is 4.31 Å². The van der Waals surface area contributed by atoms with Gasteiger partial charge < -0.3 is 4.90 Å². The molecular formula is C14H22N2O2S. The number of hydrogen-bond donors (Lipinski definition) is 0. The molecule has 19 heavy (non-hydrogen) atoms. The third kappa shape index (κ3) is 2.99. The van der Waals surface area contributed by atoms with Crippen molar-refractivity contribution >= 4 is 10.0 Å². The Kier molecular flexibility index (Phi) is 4.28. The first-order valence-electron chi connectivity index (χ1n) is 6.68. The van der Waals surface area contributed by atoms with Crippen LogP contribution in [0.15, 0.2) is 29.2 Å². The van der Waals surface area contributed by atoms with Crippen LogP contribution in [0.25, 0.3) is 0 Å². The summed E-state index contributed by atoms with van der Waals surface area (Å²) in [5, 5.41) is 0. The van der Waals surface area contributed by atoms with E-state index in [1.165, 1.54) is 0 Å². The Labute approximate surface area is 116 Å². The van der Waals surface area contributed by atoms with E-state index in [4.69, 9.17) is 0 Å². The molecule has 1 aromatic carbocycles. The maximum Gasteiger partial charge on any atom is 0.243 e. The minimum atomic E-state index is -3.30. The molecule has 0 N–H and O–H groups in total. The highest BCUT2D eigenvalue weighted by Gasteiger charge is 2.37. The average Bonchev–Trinajstić information content (AvgIpc) is 2.32. The van der Waals surface area contributed by atoms with E-state index in [-0.39, 0.29) is 0 Å². The van der Waals surface area contributed by atoms with E-state index in [2.05, 4.69) is 4.90 Å². The van der Waals surface area contributed by atoms with Gasteiger partial charge in [-0.3, -0.25) is 0 Å². The van der Waals surface area contributed by atoms with Crippen molar-refractivity contribution in [2.45, 2.75) is 18.2 Å². The fourth-order valence-electron chi connectivity index (χ4n) is 2.54. The molecule has 4 nitrogen and oxygen atoms in total. The molecule has 0 aromatic heterocycles. The van der Waals surface area contributed by atoms with Crippen molar-refractivity contribution in [3.63, 3.8) is 0 Å². The summed E-state index contributed by atoms with van der Waals surface area (Å²) in [5.74, 6) is 0.457. The highest BCUT2D eigenvalue weighted by molar-refractivity contribution is 7.89. The van der Waals surface area contributed by atoms with Crippen molar-refractivity contribution in [1.82, 2.24) is 9.21 Å². The number of rotatable bonds is 5. The van der Waals surface area contributed by atoms with E-state index < -0.39 is 10.0 Å². The maximum atomic E-state index is 12.5. The molecule has 0 bridgehead atoms. The predicted octanol–water partition coefficient (Wildman–Crippen LogP) is 1.43. The molecular weight excluding hydrogens is 260 g/mol. The lowest BCUT2D eigenvalue weighted by Crippen LogP contribution is -2.53. The number of nitrogens with zero attached hydrogens (tertiary/aromatic N) is 2. The molecule has 1 fully saturated rings. The smallest absolute Gasteiger partial charge is 0.243 e. The molecule has 0 aliphatic carbocycles. The summed E-state index contributed by atoms with van der Waals surface area (Å²) in [6.07, 6.45) is 0.740. The van der Waals surface area contributed by atoms with E-state index in [9.17, 15) is 8.42 Å². The minimum absolute atomic E-state index is 0.457. The Balaban J connectivity index is 2.12. The van der Waals surface area contributed by atoms with Crippen molar-refractivity contribution in [3.8, 4) is 0 Å². The fourth-order valence-corrected chi connectivity index (χ4v) is 4.42. The third-order valence-corrected chi connectivity index (χ3v) is 5.45. The first-order valence-corrected chi connectivity index (χ1v) is 8.12. The lowest BCUT2D eigenvalue weighted by molar-refractivity contribution is 0.160. The molecule has 0 atom stereocenters. The second-order valence-corrected chi connectivity index (χ2v) is 7.32. The van der Waals surface area contributed by atoms with E-state index in [0.29, 0.717) is 23.9 Å². The molecule has 1 aliphatic heterocycles. The van der Waals surface area contributed by atoms with Gasteiger partial charge >= 0.3 is 0 Å². The Bertz CT molecular complexity index is 534. The van der Waals surface area contributed by atoms with Crippen molar-refractivity contribution < 1.29 is 8.42 Å². The van der Waals surface area contributed by atoms with E-state index in [1.54, 1.807) is 16.4 Å². The number of hydrogen-bond acceptors (Lipinski definition) is 3. The Morgan fingerprint density at radius 1 is 1.26 bits per heavy atom. The molecule has 1 aromatic rings. The number of aryl methyl sites for hydroxylation is 1. The SMILES string of the molecule is CCc1ccccc1S(=O)(=O)N1CC(CN(C)C)C1. The summed E-state index contributed by atoms with van der Waals surface area (Å²) in [6.45, 7) is 4.21. The second-order valence-electron chi connectivity index (χ2n) is 5.41. The Morgan fingerprint density at radius 2 is 1.89 bits per heavy atom. The molecule has 2 rings (SSSR count). The van der Waals surface area contributed by atoms with Crippen molar-refractivity contribution in [3.05, 3.63) is 29.8 Å². The summed E-state index contributed by atoms with van der Waals surface area (Å²) in [6, 6.07) is 7.29. The van der Waals surface area contributed by atoms with Gasteiger partial charge in [0.05, 0.1) is 4.90 Å². The molecule has 0 amide bonds. The molecule has 1 heterocycles. The highest BCUT2D eigenvalue weighted by Crippen LogP contribution is 2.27. The number of benzene rings is 1. The summed E-state index contributed by atoms with van der Waals surface area (Å²) in [4.78, 5) is 2.58. The summed E-state index contributed by atoms with van der Waals surface area (Å²) >= 11 is 0. The van der Waals surface area contributed by atoms with Crippen LogP contribution in [0.4, 0.5) is 0 Å². The fraction of sp³-hybridized carbons (Fsp3) is 0.571. The van der Waals surface area contributed by atoms with Crippen LogP contribution >= 0.6 is 0 Å². The van der Waals surface area contributed by atoms with Crippen LogP contribution in [0.3, 0.4) is 0 Å². The van der Waals surface area contributed by atoms with Crippen LogP contribution in [0.5, 0.6) is 0 Å². The zero-order valence-electron chi connectivity index (χ0n) is 11.8. The maximum absolute atomic E-state index is 12.5. The van der Waals surface area contributed by atoms with Crippen LogP contribution in [0.1, 0.15) is 12.5 Å². The molecule has 1 aliphatic rings. The van der Waals surface area contributed by atoms with E-state index >= 15 is 0 Å². The average molecular weight is 282 g/mol. The third-order valence-electron chi connectivity index (χ3n) is 3.52. The van der Waals surface area contributed by atoms with Crippen LogP contribution in [-0.2, 0) is 16.4 Å². The van der Waals surface area contributed by atoms with Gasteiger partial charge in [-0.25, -0.2) is 8.42 Å². The van der Waals surface area contributed by atoms with Gasteiger partial charge in [0.1, 0.15) is 0 Å².